The van der Waals surface area contributed by atoms with Gasteiger partial charge in [-0.3, -0.25) is 0 Å². The summed E-state index contributed by atoms with van der Waals surface area (Å²) in [5.74, 6) is 0. The molecule has 0 amide bonds. The molecule has 0 atom stereocenters. The van der Waals surface area contributed by atoms with Crippen molar-refractivity contribution < 1.29 is 0 Å². The van der Waals surface area contributed by atoms with Gasteiger partial charge in [0.15, 0.2) is 0 Å². The molecule has 10 aromatic rings. The SMILES string of the molecule is CCC1(CC)c2cc(/C=C/c3ccc(-c4c(-c5ccccc5)cccc4-c4ccc5c(c4)C4(Cc6ccccc6C4)c4ccccc4-5)cc3)ccc2-c2ccc(N(c3ccccc3)c3ccccc3)cc21. The summed E-state index contributed by atoms with van der Waals surface area (Å²) in [5, 5.41) is 0. The molecule has 0 heterocycles. The molecular formula is C70H55N. The van der Waals surface area contributed by atoms with Crippen molar-refractivity contribution in [2.45, 2.75) is 50.4 Å². The third-order valence-corrected chi connectivity index (χ3v) is 16.4. The van der Waals surface area contributed by atoms with Crippen molar-refractivity contribution >= 4 is 29.2 Å². The number of fused-ring (bicyclic) bond motifs is 9. The van der Waals surface area contributed by atoms with Gasteiger partial charge in [0.1, 0.15) is 0 Å². The first kappa shape index (κ1) is 42.8. The molecule has 0 fully saturated rings. The number of anilines is 3. The number of nitrogens with zero attached hydrogens (tertiary/aromatic N) is 1. The van der Waals surface area contributed by atoms with E-state index in [0.717, 1.165) is 37.1 Å². The number of benzene rings is 10. The fraction of sp³-hybridized carbons (Fsp3) is 0.114. The van der Waals surface area contributed by atoms with Crippen LogP contribution in [0.25, 0.3) is 67.8 Å². The second kappa shape index (κ2) is 17.3. The Bertz CT molecular complexity index is 3590. The first-order valence-electron chi connectivity index (χ1n) is 25.5. The van der Waals surface area contributed by atoms with Crippen LogP contribution in [0.2, 0.25) is 0 Å². The van der Waals surface area contributed by atoms with Gasteiger partial charge in [-0.15, -0.1) is 0 Å². The fourth-order valence-electron chi connectivity index (χ4n) is 12.9. The van der Waals surface area contributed by atoms with Crippen molar-refractivity contribution in [1.29, 1.82) is 0 Å². The summed E-state index contributed by atoms with van der Waals surface area (Å²) in [5.41, 5.74) is 27.4. The first-order valence-corrected chi connectivity index (χ1v) is 25.5. The lowest BCUT2D eigenvalue weighted by Crippen LogP contribution is -2.25. The van der Waals surface area contributed by atoms with Gasteiger partial charge >= 0.3 is 0 Å². The molecule has 3 aliphatic rings. The van der Waals surface area contributed by atoms with Crippen molar-refractivity contribution in [2.75, 3.05) is 4.90 Å². The Morgan fingerprint density at radius 3 is 1.52 bits per heavy atom. The second-order valence-electron chi connectivity index (χ2n) is 19.9. The molecule has 340 valence electrons. The summed E-state index contributed by atoms with van der Waals surface area (Å²) < 4.78 is 0. The molecular weight excluding hydrogens is 855 g/mol. The van der Waals surface area contributed by atoms with Gasteiger partial charge in [-0.2, -0.15) is 0 Å². The lowest BCUT2D eigenvalue weighted by Gasteiger charge is -2.32. The highest BCUT2D eigenvalue weighted by Crippen LogP contribution is 2.57. The monoisotopic (exact) mass is 909 g/mol. The van der Waals surface area contributed by atoms with E-state index in [1.165, 1.54) is 106 Å². The molecule has 10 aromatic carbocycles. The number of hydrogen-bond acceptors (Lipinski definition) is 1. The molecule has 1 spiro atoms. The molecule has 0 unspecified atom stereocenters. The van der Waals surface area contributed by atoms with Crippen LogP contribution in [-0.4, -0.2) is 0 Å². The summed E-state index contributed by atoms with van der Waals surface area (Å²) >= 11 is 0. The zero-order chi connectivity index (χ0) is 47.5. The standard InChI is InChI=1S/C70H55N/c1-3-69(4-2)65-43-49(35-40-61(65)63-42-39-57(45-67(63)69)71(55-23-10-6-11-24-55)56-25-12-7-13-26-56)32-31-48-33-36-51(37-34-48)68-58(50-19-8-5-9-20-50)28-18-29-59(68)52-38-41-62-60-27-16-17-30-64(60)70(66(62)44-52)46-53-21-14-15-22-54(53)47-70/h5-45H,3-4,46-47H2,1-2H3/b32-31+. The Labute approximate surface area is 419 Å². The lowest BCUT2D eigenvalue weighted by molar-refractivity contribution is 0.490. The van der Waals surface area contributed by atoms with Gasteiger partial charge in [-0.05, 0) is 168 Å². The van der Waals surface area contributed by atoms with Gasteiger partial charge in [-0.1, -0.05) is 220 Å². The van der Waals surface area contributed by atoms with Crippen LogP contribution in [0.3, 0.4) is 0 Å². The van der Waals surface area contributed by atoms with Gasteiger partial charge in [-0.25, -0.2) is 0 Å². The van der Waals surface area contributed by atoms with E-state index in [-0.39, 0.29) is 10.8 Å². The Morgan fingerprint density at radius 2 is 0.845 bits per heavy atom. The molecule has 0 N–H and O–H groups in total. The maximum absolute atomic E-state index is 2.54. The Morgan fingerprint density at radius 1 is 0.352 bits per heavy atom. The van der Waals surface area contributed by atoms with Crippen molar-refractivity contribution in [2.24, 2.45) is 0 Å². The third kappa shape index (κ3) is 6.97. The van der Waals surface area contributed by atoms with Crippen molar-refractivity contribution in [1.82, 2.24) is 0 Å². The summed E-state index contributed by atoms with van der Waals surface area (Å²) in [7, 11) is 0. The highest BCUT2D eigenvalue weighted by molar-refractivity contribution is 5.96. The van der Waals surface area contributed by atoms with Crippen LogP contribution < -0.4 is 4.90 Å². The van der Waals surface area contributed by atoms with Gasteiger partial charge in [0, 0.05) is 27.9 Å². The van der Waals surface area contributed by atoms with E-state index in [0.29, 0.717) is 0 Å². The van der Waals surface area contributed by atoms with E-state index in [4.69, 9.17) is 0 Å². The average molecular weight is 910 g/mol. The first-order chi connectivity index (χ1) is 35.0. The average Bonchev–Trinajstić information content (AvgIpc) is 4.07. The molecule has 0 saturated heterocycles. The predicted molar refractivity (Wildman–Crippen MR) is 300 cm³/mol. The Kier molecular flexibility index (Phi) is 10.4. The third-order valence-electron chi connectivity index (χ3n) is 16.4. The molecule has 0 aliphatic heterocycles. The van der Waals surface area contributed by atoms with Crippen LogP contribution >= 0.6 is 0 Å². The Balaban J connectivity index is 0.842. The zero-order valence-electron chi connectivity index (χ0n) is 40.4. The molecule has 1 heteroatoms. The largest absolute Gasteiger partial charge is 0.310 e. The summed E-state index contributed by atoms with van der Waals surface area (Å²) in [6.07, 6.45) is 8.70. The highest BCUT2D eigenvalue weighted by atomic mass is 15.1. The van der Waals surface area contributed by atoms with Crippen LogP contribution in [-0.2, 0) is 23.7 Å². The molecule has 13 rings (SSSR count). The summed E-state index contributed by atoms with van der Waals surface area (Å²) in [6.45, 7) is 4.72. The van der Waals surface area contributed by atoms with Crippen LogP contribution in [0, 0.1) is 0 Å². The normalized spacial score (nSPS) is 14.2. The van der Waals surface area contributed by atoms with Crippen LogP contribution in [0.4, 0.5) is 17.1 Å². The van der Waals surface area contributed by atoms with E-state index in [2.05, 4.69) is 267 Å². The van der Waals surface area contributed by atoms with Crippen LogP contribution in [0.1, 0.15) is 71.2 Å². The zero-order valence-corrected chi connectivity index (χ0v) is 40.4. The van der Waals surface area contributed by atoms with Gasteiger partial charge < -0.3 is 4.90 Å². The molecule has 0 bridgehead atoms. The number of para-hydroxylation sites is 2. The topological polar surface area (TPSA) is 3.24 Å². The minimum Gasteiger partial charge on any atom is -0.310 e. The minimum absolute atomic E-state index is 0.0647. The molecule has 0 saturated carbocycles. The minimum atomic E-state index is -0.0828. The van der Waals surface area contributed by atoms with E-state index in [1.807, 2.05) is 0 Å². The number of hydrogen-bond donors (Lipinski definition) is 0. The molecule has 0 aromatic heterocycles. The molecule has 1 nitrogen and oxygen atoms in total. The summed E-state index contributed by atoms with van der Waals surface area (Å²) in [4.78, 5) is 2.39. The fourth-order valence-corrected chi connectivity index (χ4v) is 12.9. The van der Waals surface area contributed by atoms with Gasteiger partial charge in [0.2, 0.25) is 0 Å². The molecule has 0 radical (unpaired) electrons. The lowest BCUT2D eigenvalue weighted by atomic mass is 9.73. The second-order valence-corrected chi connectivity index (χ2v) is 19.9. The van der Waals surface area contributed by atoms with E-state index in [1.54, 1.807) is 0 Å². The molecule has 3 aliphatic carbocycles. The van der Waals surface area contributed by atoms with Gasteiger partial charge in [0.25, 0.3) is 0 Å². The van der Waals surface area contributed by atoms with E-state index >= 15 is 0 Å². The van der Waals surface area contributed by atoms with Crippen molar-refractivity contribution in [3.05, 3.63) is 281 Å². The summed E-state index contributed by atoms with van der Waals surface area (Å²) in [6, 6.07) is 88.3. The predicted octanol–water partition coefficient (Wildman–Crippen LogP) is 18.5. The highest BCUT2D eigenvalue weighted by Gasteiger charge is 2.47. The van der Waals surface area contributed by atoms with Crippen LogP contribution in [0.15, 0.2) is 237 Å². The van der Waals surface area contributed by atoms with E-state index < -0.39 is 0 Å². The maximum atomic E-state index is 2.54. The number of rotatable bonds is 10. The van der Waals surface area contributed by atoms with E-state index in [9.17, 15) is 0 Å². The van der Waals surface area contributed by atoms with Crippen LogP contribution in [0.5, 0.6) is 0 Å². The molecule has 71 heavy (non-hydrogen) atoms. The van der Waals surface area contributed by atoms with Gasteiger partial charge in [0.05, 0.1) is 0 Å². The van der Waals surface area contributed by atoms with Crippen molar-refractivity contribution in [3.8, 4) is 55.6 Å². The Hall–Kier alpha value is -8.26. The smallest absolute Gasteiger partial charge is 0.0465 e. The van der Waals surface area contributed by atoms with Crippen molar-refractivity contribution in [3.63, 3.8) is 0 Å². The quantitative estimate of drug-likeness (QED) is 0.124. The maximum Gasteiger partial charge on any atom is 0.0465 e.